The van der Waals surface area contributed by atoms with Crippen molar-refractivity contribution < 1.29 is 9.59 Å². The van der Waals surface area contributed by atoms with Crippen LogP contribution in [0.5, 0.6) is 0 Å². The Labute approximate surface area is 131 Å². The molecule has 1 aromatic rings. The number of piperidine rings is 1. The van der Waals surface area contributed by atoms with Crippen molar-refractivity contribution in [3.05, 3.63) is 29.8 Å². The molecular weight excluding hydrogens is 278 g/mol. The third kappa shape index (κ3) is 3.30. The fraction of sp³-hybridized carbons (Fsp3) is 0.529. The molecule has 0 aliphatic carbocycles. The Bertz CT molecular complexity index is 573. The largest absolute Gasteiger partial charge is 0.348 e. The number of hydrogen-bond donors (Lipinski definition) is 2. The molecule has 118 valence electrons. The normalized spacial score (nSPS) is 24.6. The number of benzene rings is 1. The van der Waals surface area contributed by atoms with Gasteiger partial charge in [-0.15, -0.1) is 0 Å². The summed E-state index contributed by atoms with van der Waals surface area (Å²) in [6, 6.07) is 7.84. The Morgan fingerprint density at radius 1 is 1.18 bits per heavy atom. The number of anilines is 1. The van der Waals surface area contributed by atoms with E-state index in [9.17, 15) is 9.59 Å². The predicted molar refractivity (Wildman–Crippen MR) is 85.8 cm³/mol. The molecule has 0 unspecified atom stereocenters. The maximum Gasteiger partial charge on any atom is 0.251 e. The summed E-state index contributed by atoms with van der Waals surface area (Å²) >= 11 is 0. The molecule has 2 N–H and O–H groups in total. The first-order valence-electron chi connectivity index (χ1n) is 8.06. The molecular formula is C17H23N3O2. The molecule has 5 heteroatoms. The van der Waals surface area contributed by atoms with Crippen LogP contribution in [0.15, 0.2) is 24.3 Å². The zero-order chi connectivity index (χ0) is 15.5. The summed E-state index contributed by atoms with van der Waals surface area (Å²) < 4.78 is 0. The molecule has 0 bridgehead atoms. The van der Waals surface area contributed by atoms with E-state index in [2.05, 4.69) is 15.5 Å². The maximum atomic E-state index is 12.5. The molecule has 1 aromatic carbocycles. The Balaban J connectivity index is 1.65. The van der Waals surface area contributed by atoms with Crippen LogP contribution in [-0.2, 0) is 4.79 Å². The lowest BCUT2D eigenvalue weighted by molar-refractivity contribution is -0.114. The molecule has 2 heterocycles. The second-order valence-corrected chi connectivity index (χ2v) is 6.23. The number of hydrogen-bond acceptors (Lipinski definition) is 3. The van der Waals surface area contributed by atoms with Gasteiger partial charge >= 0.3 is 0 Å². The van der Waals surface area contributed by atoms with E-state index in [1.807, 2.05) is 0 Å². The number of nitrogens with zero attached hydrogens (tertiary/aromatic N) is 1. The van der Waals surface area contributed by atoms with Gasteiger partial charge in [-0.05, 0) is 44.0 Å². The maximum absolute atomic E-state index is 12.5. The van der Waals surface area contributed by atoms with Crippen LogP contribution in [0.4, 0.5) is 5.69 Å². The van der Waals surface area contributed by atoms with Gasteiger partial charge in [-0.1, -0.05) is 12.5 Å². The lowest BCUT2D eigenvalue weighted by atomic mass is 9.99. The Kier molecular flexibility index (Phi) is 4.43. The number of rotatable bonds is 3. The number of fused-ring (bicyclic) bond motifs is 1. The molecule has 2 fully saturated rings. The minimum absolute atomic E-state index is 0.0513. The summed E-state index contributed by atoms with van der Waals surface area (Å²) in [4.78, 5) is 26.1. The predicted octanol–water partition coefficient (Wildman–Crippen LogP) is 2.00. The highest BCUT2D eigenvalue weighted by molar-refractivity contribution is 5.97. The molecule has 0 radical (unpaired) electrons. The molecule has 2 atom stereocenters. The summed E-state index contributed by atoms with van der Waals surface area (Å²) in [5.74, 6) is -0.184. The fourth-order valence-electron chi connectivity index (χ4n) is 3.61. The summed E-state index contributed by atoms with van der Waals surface area (Å²) in [6.07, 6.45) is 4.74. The van der Waals surface area contributed by atoms with Crippen LogP contribution in [0.2, 0.25) is 0 Å². The molecule has 2 saturated heterocycles. The van der Waals surface area contributed by atoms with Crippen LogP contribution in [0.1, 0.15) is 43.0 Å². The van der Waals surface area contributed by atoms with Gasteiger partial charge in [-0.3, -0.25) is 14.5 Å². The molecule has 2 aliphatic rings. The number of amides is 2. The van der Waals surface area contributed by atoms with Gasteiger partial charge in [0.15, 0.2) is 0 Å². The van der Waals surface area contributed by atoms with E-state index in [-0.39, 0.29) is 17.9 Å². The molecule has 2 aliphatic heterocycles. The molecule has 0 spiro atoms. The molecule has 0 aromatic heterocycles. The summed E-state index contributed by atoms with van der Waals surface area (Å²) in [5, 5.41) is 5.89. The van der Waals surface area contributed by atoms with Crippen molar-refractivity contribution in [3.8, 4) is 0 Å². The first kappa shape index (κ1) is 15.0. The van der Waals surface area contributed by atoms with Gasteiger partial charge in [0.05, 0.1) is 0 Å². The van der Waals surface area contributed by atoms with Crippen LogP contribution in [0.3, 0.4) is 0 Å². The van der Waals surface area contributed by atoms with Gasteiger partial charge in [0.1, 0.15) is 0 Å². The van der Waals surface area contributed by atoms with Gasteiger partial charge < -0.3 is 10.6 Å². The van der Waals surface area contributed by atoms with Gasteiger partial charge in [-0.25, -0.2) is 0 Å². The SMILES string of the molecule is CC(=O)Nc1cccc(C(=O)N[C@@H]2CCN3CCCC[C@@H]23)c1. The zero-order valence-corrected chi connectivity index (χ0v) is 13.0. The highest BCUT2D eigenvalue weighted by atomic mass is 16.2. The molecule has 3 rings (SSSR count). The standard InChI is InChI=1S/C17H23N3O2/c1-12(21)18-14-6-4-5-13(11-14)17(22)19-15-8-10-20-9-3-2-7-16(15)20/h4-6,11,15-16H,2-3,7-10H2,1H3,(H,18,21)(H,19,22)/t15-,16+/m1/s1. The van der Waals surface area contributed by atoms with Crippen LogP contribution < -0.4 is 10.6 Å². The van der Waals surface area contributed by atoms with Crippen LogP contribution in [0.25, 0.3) is 0 Å². The number of carbonyl (C=O) groups is 2. The van der Waals surface area contributed by atoms with Crippen molar-refractivity contribution in [2.75, 3.05) is 18.4 Å². The van der Waals surface area contributed by atoms with Crippen molar-refractivity contribution in [1.82, 2.24) is 10.2 Å². The first-order chi connectivity index (χ1) is 10.6. The van der Waals surface area contributed by atoms with E-state index in [4.69, 9.17) is 0 Å². The minimum atomic E-state index is -0.133. The minimum Gasteiger partial charge on any atom is -0.348 e. The van der Waals surface area contributed by atoms with Crippen molar-refractivity contribution in [1.29, 1.82) is 0 Å². The van der Waals surface area contributed by atoms with Crippen molar-refractivity contribution >= 4 is 17.5 Å². The van der Waals surface area contributed by atoms with E-state index >= 15 is 0 Å². The third-order valence-corrected chi connectivity index (χ3v) is 4.62. The van der Waals surface area contributed by atoms with Crippen molar-refractivity contribution in [2.24, 2.45) is 0 Å². The van der Waals surface area contributed by atoms with Crippen molar-refractivity contribution in [2.45, 2.75) is 44.7 Å². The Morgan fingerprint density at radius 2 is 2.05 bits per heavy atom. The fourth-order valence-corrected chi connectivity index (χ4v) is 3.61. The van der Waals surface area contributed by atoms with E-state index in [1.54, 1.807) is 24.3 Å². The van der Waals surface area contributed by atoms with Crippen LogP contribution in [-0.4, -0.2) is 41.9 Å². The molecule has 0 saturated carbocycles. The lowest BCUT2D eigenvalue weighted by Gasteiger charge is -2.32. The zero-order valence-electron chi connectivity index (χ0n) is 13.0. The van der Waals surface area contributed by atoms with Crippen LogP contribution >= 0.6 is 0 Å². The van der Waals surface area contributed by atoms with Gasteiger partial charge in [-0.2, -0.15) is 0 Å². The summed E-state index contributed by atoms with van der Waals surface area (Å²) in [6.45, 7) is 3.71. The third-order valence-electron chi connectivity index (χ3n) is 4.62. The van der Waals surface area contributed by atoms with Crippen LogP contribution in [0, 0.1) is 0 Å². The Morgan fingerprint density at radius 3 is 2.86 bits per heavy atom. The van der Waals surface area contributed by atoms with Gasteiger partial charge in [0, 0.05) is 36.8 Å². The topological polar surface area (TPSA) is 61.4 Å². The average Bonchev–Trinajstić information content (AvgIpc) is 2.90. The van der Waals surface area contributed by atoms with Gasteiger partial charge in [0.2, 0.25) is 5.91 Å². The van der Waals surface area contributed by atoms with E-state index in [1.165, 1.54) is 26.2 Å². The number of nitrogens with one attached hydrogen (secondary N) is 2. The second-order valence-electron chi connectivity index (χ2n) is 6.23. The monoisotopic (exact) mass is 301 g/mol. The molecule has 5 nitrogen and oxygen atoms in total. The van der Waals surface area contributed by atoms with E-state index < -0.39 is 0 Å². The van der Waals surface area contributed by atoms with Crippen molar-refractivity contribution in [3.63, 3.8) is 0 Å². The summed E-state index contributed by atoms with van der Waals surface area (Å²) in [7, 11) is 0. The van der Waals surface area contributed by atoms with Gasteiger partial charge in [0.25, 0.3) is 5.91 Å². The first-order valence-corrected chi connectivity index (χ1v) is 8.06. The summed E-state index contributed by atoms with van der Waals surface area (Å²) in [5.41, 5.74) is 1.26. The van der Waals surface area contributed by atoms with E-state index in [0.717, 1.165) is 19.5 Å². The quantitative estimate of drug-likeness (QED) is 0.897. The average molecular weight is 301 g/mol. The molecule has 22 heavy (non-hydrogen) atoms. The highest BCUT2D eigenvalue weighted by Gasteiger charge is 2.36. The second kappa shape index (κ2) is 6.48. The lowest BCUT2D eigenvalue weighted by Crippen LogP contribution is -2.46. The highest BCUT2D eigenvalue weighted by Crippen LogP contribution is 2.27. The number of carbonyl (C=O) groups excluding carboxylic acids is 2. The Hall–Kier alpha value is -1.88. The molecule has 2 amide bonds. The van der Waals surface area contributed by atoms with E-state index in [0.29, 0.717) is 17.3 Å². The smallest absolute Gasteiger partial charge is 0.251 e.